The Kier molecular flexibility index (Phi) is 6.19. The number of nitrogens with zero attached hydrogens (tertiary/aromatic N) is 2. The summed E-state index contributed by atoms with van der Waals surface area (Å²) >= 11 is 0. The first kappa shape index (κ1) is 32.3. The number of hydrogen-bond donors (Lipinski definition) is 0. The molecule has 0 saturated heterocycles. The molecule has 0 atom stereocenters. The Balaban J connectivity index is 1.03. The molecule has 8 aromatic carbocycles. The van der Waals surface area contributed by atoms with E-state index in [9.17, 15) is 0 Å². The lowest BCUT2D eigenvalue weighted by Gasteiger charge is -2.30. The van der Waals surface area contributed by atoms with E-state index >= 15 is 0 Å². The van der Waals surface area contributed by atoms with Crippen LogP contribution in [0.4, 0.5) is 0 Å². The maximum absolute atomic E-state index is 5.46. The van der Waals surface area contributed by atoms with Gasteiger partial charge >= 0.3 is 0 Å². The minimum absolute atomic E-state index is 0.423. The minimum Gasteiger partial charge on any atom is -0.254 e. The van der Waals surface area contributed by atoms with E-state index in [1.807, 2.05) is 12.3 Å². The van der Waals surface area contributed by atoms with Crippen molar-refractivity contribution in [3.05, 3.63) is 251 Å². The summed E-state index contributed by atoms with van der Waals surface area (Å²) in [5.41, 5.74) is 26.2. The van der Waals surface area contributed by atoms with Gasteiger partial charge in [-0.2, -0.15) is 0 Å². The van der Waals surface area contributed by atoms with Crippen LogP contribution in [0.5, 0.6) is 0 Å². The average Bonchev–Trinajstić information content (AvgIpc) is 4.00. The van der Waals surface area contributed by atoms with Gasteiger partial charge in [-0.1, -0.05) is 176 Å². The van der Waals surface area contributed by atoms with E-state index < -0.39 is 10.8 Å². The predicted octanol–water partition coefficient (Wildman–Crippen LogP) is 13.7. The van der Waals surface area contributed by atoms with E-state index in [0.29, 0.717) is 0 Å². The quantitative estimate of drug-likeness (QED) is 0.175. The highest BCUT2D eigenvalue weighted by Gasteiger charge is 2.53. The van der Waals surface area contributed by atoms with Crippen molar-refractivity contribution >= 4 is 11.0 Å². The van der Waals surface area contributed by atoms with Crippen LogP contribution < -0.4 is 0 Å². The molecule has 0 amide bonds. The Bertz CT molecular complexity index is 3410. The van der Waals surface area contributed by atoms with E-state index in [0.717, 1.165) is 33.4 Å². The predicted molar refractivity (Wildman–Crippen MR) is 243 cm³/mol. The van der Waals surface area contributed by atoms with Crippen LogP contribution in [0.25, 0.3) is 77.9 Å². The summed E-state index contributed by atoms with van der Waals surface area (Å²) in [6.07, 6.45) is 1.90. The van der Waals surface area contributed by atoms with Crippen molar-refractivity contribution in [1.29, 1.82) is 0 Å². The van der Waals surface area contributed by atoms with E-state index in [1.165, 1.54) is 89.0 Å². The van der Waals surface area contributed by atoms with Gasteiger partial charge in [0.25, 0.3) is 0 Å². The molecule has 10 aromatic rings. The third kappa shape index (κ3) is 3.76. The Morgan fingerprint density at radius 2 is 0.733 bits per heavy atom. The number of rotatable bonds is 2. The molecular formula is C58H34N2. The summed E-state index contributed by atoms with van der Waals surface area (Å²) < 4.78 is 0. The van der Waals surface area contributed by atoms with Gasteiger partial charge in [0.15, 0.2) is 0 Å². The molecule has 0 bridgehead atoms. The molecule has 0 radical (unpaired) electrons. The minimum atomic E-state index is -0.430. The maximum Gasteiger partial charge on any atom is 0.0965 e. The molecule has 4 aliphatic carbocycles. The Labute approximate surface area is 348 Å². The first-order chi connectivity index (χ1) is 29.8. The van der Waals surface area contributed by atoms with Gasteiger partial charge < -0.3 is 0 Å². The Morgan fingerprint density at radius 1 is 0.300 bits per heavy atom. The molecule has 2 aromatic heterocycles. The van der Waals surface area contributed by atoms with Gasteiger partial charge in [-0.25, -0.2) is 4.98 Å². The summed E-state index contributed by atoms with van der Waals surface area (Å²) in [6, 6.07) is 74.5. The lowest BCUT2D eigenvalue weighted by Crippen LogP contribution is -2.25. The highest BCUT2D eigenvalue weighted by atomic mass is 14.8. The summed E-state index contributed by atoms with van der Waals surface area (Å²) in [5.74, 6) is 0. The highest BCUT2D eigenvalue weighted by Crippen LogP contribution is 2.65. The van der Waals surface area contributed by atoms with Gasteiger partial charge in [0, 0.05) is 17.3 Å². The summed E-state index contributed by atoms with van der Waals surface area (Å²) in [7, 11) is 0. The van der Waals surface area contributed by atoms with Gasteiger partial charge in [0.05, 0.1) is 27.6 Å². The van der Waals surface area contributed by atoms with Crippen molar-refractivity contribution in [2.24, 2.45) is 0 Å². The fourth-order valence-electron chi connectivity index (χ4n) is 12.0. The largest absolute Gasteiger partial charge is 0.254 e. The van der Waals surface area contributed by atoms with Crippen LogP contribution in [0, 0.1) is 0 Å². The molecule has 2 heteroatoms. The number of benzene rings is 8. The molecule has 14 rings (SSSR count). The summed E-state index contributed by atoms with van der Waals surface area (Å²) in [5, 5.41) is 0. The summed E-state index contributed by atoms with van der Waals surface area (Å²) in [6.45, 7) is 0. The van der Waals surface area contributed by atoms with E-state index in [4.69, 9.17) is 9.97 Å². The number of aromatic nitrogens is 2. The van der Waals surface area contributed by atoms with Crippen LogP contribution in [-0.2, 0) is 10.8 Å². The zero-order chi connectivity index (χ0) is 39.2. The van der Waals surface area contributed by atoms with Crippen molar-refractivity contribution < 1.29 is 0 Å². The third-order valence-electron chi connectivity index (χ3n) is 14.2. The van der Waals surface area contributed by atoms with Crippen LogP contribution in [0.15, 0.2) is 206 Å². The molecule has 2 spiro atoms. The molecule has 2 nitrogen and oxygen atoms in total. The number of pyridine rings is 2. The molecule has 0 unspecified atom stereocenters. The van der Waals surface area contributed by atoms with E-state index in [1.54, 1.807) is 0 Å². The van der Waals surface area contributed by atoms with Crippen LogP contribution in [-0.4, -0.2) is 9.97 Å². The van der Waals surface area contributed by atoms with Crippen molar-refractivity contribution in [2.75, 3.05) is 0 Å². The van der Waals surface area contributed by atoms with Crippen molar-refractivity contribution in [2.45, 2.75) is 10.8 Å². The normalized spacial score (nSPS) is 14.6. The summed E-state index contributed by atoms with van der Waals surface area (Å²) in [4.78, 5) is 10.5. The van der Waals surface area contributed by atoms with Crippen LogP contribution >= 0.6 is 0 Å². The maximum atomic E-state index is 5.46. The molecular weight excluding hydrogens is 725 g/mol. The SMILES string of the molecule is c1ccc2c(c1)-c1ccccc1C21c2ccccc2-c2ccc(-c3cc(-c4cccc5c4-c4ccccc4C54c5ccccc5-c5ccccc54)nc4cccnc34)cc21. The number of hydrogen-bond acceptors (Lipinski definition) is 2. The van der Waals surface area contributed by atoms with Crippen LogP contribution in [0.3, 0.4) is 0 Å². The van der Waals surface area contributed by atoms with Crippen LogP contribution in [0.1, 0.15) is 44.5 Å². The molecule has 4 aliphatic rings. The molecule has 0 N–H and O–H groups in total. The zero-order valence-electron chi connectivity index (χ0n) is 32.5. The third-order valence-corrected chi connectivity index (χ3v) is 14.2. The van der Waals surface area contributed by atoms with Crippen LogP contribution in [0.2, 0.25) is 0 Å². The van der Waals surface area contributed by atoms with Gasteiger partial charge in [0.2, 0.25) is 0 Å². The number of fused-ring (bicyclic) bond motifs is 21. The Hall–Kier alpha value is -7.68. The van der Waals surface area contributed by atoms with E-state index in [-0.39, 0.29) is 0 Å². The highest BCUT2D eigenvalue weighted by molar-refractivity contribution is 6.03. The lowest BCUT2D eigenvalue weighted by atomic mass is 9.70. The van der Waals surface area contributed by atoms with Crippen molar-refractivity contribution in [3.8, 4) is 66.9 Å². The molecule has 2 heterocycles. The van der Waals surface area contributed by atoms with Crippen molar-refractivity contribution in [3.63, 3.8) is 0 Å². The molecule has 0 fully saturated rings. The second-order valence-electron chi connectivity index (χ2n) is 16.7. The molecule has 0 aliphatic heterocycles. The molecule has 276 valence electrons. The van der Waals surface area contributed by atoms with Gasteiger partial charge in [-0.15, -0.1) is 0 Å². The second-order valence-corrected chi connectivity index (χ2v) is 16.7. The molecule has 0 saturated carbocycles. The lowest BCUT2D eigenvalue weighted by molar-refractivity contribution is 0.794. The van der Waals surface area contributed by atoms with Gasteiger partial charge in [-0.3, -0.25) is 4.98 Å². The second kappa shape index (κ2) is 11.5. The molecule has 60 heavy (non-hydrogen) atoms. The van der Waals surface area contributed by atoms with Gasteiger partial charge in [0.1, 0.15) is 0 Å². The monoisotopic (exact) mass is 758 g/mol. The fraction of sp³-hybridized carbons (Fsp3) is 0.0345. The van der Waals surface area contributed by atoms with Crippen molar-refractivity contribution in [1.82, 2.24) is 9.97 Å². The first-order valence-electron chi connectivity index (χ1n) is 20.9. The topological polar surface area (TPSA) is 25.8 Å². The van der Waals surface area contributed by atoms with E-state index in [2.05, 4.69) is 194 Å². The fourth-order valence-corrected chi connectivity index (χ4v) is 12.0. The zero-order valence-corrected chi connectivity index (χ0v) is 32.5. The first-order valence-corrected chi connectivity index (χ1v) is 20.9. The standard InChI is InChI=1S/C58H34N2/c1-7-22-45-36(15-1)37-16-2-8-23-46(37)57(45)50-27-12-6-20-42(50)55-43(21-13-28-51(55)57)54-34-44(56-53(60-54)29-14-32-59-56)35-30-31-41-40-19-5-11-26-49(40)58(52(41)33-35)47-24-9-3-17-38(47)39-18-4-10-25-48(39)58/h1-34H. The average molecular weight is 759 g/mol. The smallest absolute Gasteiger partial charge is 0.0965 e. The Morgan fingerprint density at radius 3 is 1.28 bits per heavy atom. The van der Waals surface area contributed by atoms with Gasteiger partial charge in [-0.05, 0) is 119 Å².